The fourth-order valence-corrected chi connectivity index (χ4v) is 2.05. The number of nitrogens with zero attached hydrogens (tertiary/aromatic N) is 3. The van der Waals surface area contributed by atoms with E-state index in [2.05, 4.69) is 10.1 Å². The van der Waals surface area contributed by atoms with Crippen molar-refractivity contribution in [3.63, 3.8) is 0 Å². The van der Waals surface area contributed by atoms with Crippen molar-refractivity contribution >= 4 is 5.78 Å². The van der Waals surface area contributed by atoms with E-state index < -0.39 is 0 Å². The average molecular weight is 259 g/mol. The van der Waals surface area contributed by atoms with E-state index in [1.54, 1.807) is 17.1 Å². The van der Waals surface area contributed by atoms with Gasteiger partial charge in [0.25, 0.3) is 0 Å². The first-order valence-electron chi connectivity index (χ1n) is 6.16. The van der Waals surface area contributed by atoms with Gasteiger partial charge in [-0.3, -0.25) is 14.5 Å². The molecule has 0 aliphatic heterocycles. The van der Waals surface area contributed by atoms with E-state index in [1.807, 2.05) is 26.8 Å². The number of carbonyl (C=O) groups is 1. The zero-order valence-corrected chi connectivity index (χ0v) is 11.6. The van der Waals surface area contributed by atoms with Crippen molar-refractivity contribution in [2.75, 3.05) is 7.11 Å². The molecule has 0 amide bonds. The highest BCUT2D eigenvalue weighted by atomic mass is 16.5. The van der Waals surface area contributed by atoms with E-state index in [-0.39, 0.29) is 5.78 Å². The van der Waals surface area contributed by atoms with Crippen LogP contribution >= 0.6 is 0 Å². The summed E-state index contributed by atoms with van der Waals surface area (Å²) in [5, 5.41) is 4.14. The van der Waals surface area contributed by atoms with Crippen molar-refractivity contribution in [1.82, 2.24) is 14.8 Å². The number of ether oxygens (including phenoxy) is 1. The minimum atomic E-state index is -0.159. The molecular formula is C14H17N3O2. The second-order valence-corrected chi connectivity index (χ2v) is 4.38. The summed E-state index contributed by atoms with van der Waals surface area (Å²) in [6.45, 7) is 6.37. The van der Waals surface area contributed by atoms with Crippen LogP contribution in [0.5, 0.6) is 5.75 Å². The van der Waals surface area contributed by atoms with Crippen LogP contribution in [0.2, 0.25) is 0 Å². The van der Waals surface area contributed by atoms with E-state index in [0.29, 0.717) is 23.7 Å². The predicted octanol–water partition coefficient (Wildman–Crippen LogP) is 2.15. The van der Waals surface area contributed by atoms with Crippen LogP contribution in [-0.4, -0.2) is 27.7 Å². The smallest absolute Gasteiger partial charge is 0.233 e. The first kappa shape index (κ1) is 13.3. The predicted molar refractivity (Wildman–Crippen MR) is 71.6 cm³/mol. The second kappa shape index (κ2) is 5.22. The van der Waals surface area contributed by atoms with E-state index >= 15 is 0 Å². The Hall–Kier alpha value is -2.17. The summed E-state index contributed by atoms with van der Waals surface area (Å²) in [6.07, 6.45) is 3.25. The first-order valence-corrected chi connectivity index (χ1v) is 6.16. The molecule has 5 heteroatoms. The Balaban J connectivity index is 2.52. The molecule has 5 nitrogen and oxygen atoms in total. The maximum Gasteiger partial charge on any atom is 0.233 e. The maximum atomic E-state index is 12.6. The molecule has 0 spiro atoms. The van der Waals surface area contributed by atoms with Gasteiger partial charge in [-0.15, -0.1) is 0 Å². The van der Waals surface area contributed by atoms with Crippen LogP contribution in [0.3, 0.4) is 0 Å². The van der Waals surface area contributed by atoms with Gasteiger partial charge in [0.15, 0.2) is 11.4 Å². The number of aromatic nitrogens is 3. The van der Waals surface area contributed by atoms with Crippen molar-refractivity contribution in [3.05, 3.63) is 41.0 Å². The third-order valence-corrected chi connectivity index (χ3v) is 2.97. The third kappa shape index (κ3) is 2.36. The van der Waals surface area contributed by atoms with Gasteiger partial charge in [-0.1, -0.05) is 6.07 Å². The molecule has 0 atom stereocenters. The summed E-state index contributed by atoms with van der Waals surface area (Å²) in [6, 6.07) is 1.94. The number of hydrogen-bond donors (Lipinski definition) is 0. The molecule has 0 saturated heterocycles. The van der Waals surface area contributed by atoms with Crippen molar-refractivity contribution in [3.8, 4) is 5.75 Å². The quantitative estimate of drug-likeness (QED) is 0.789. The lowest BCUT2D eigenvalue weighted by Gasteiger charge is -2.08. The highest BCUT2D eigenvalue weighted by molar-refractivity contribution is 6.09. The molecule has 2 rings (SSSR count). The Bertz CT molecular complexity index is 596. The highest BCUT2D eigenvalue weighted by Crippen LogP contribution is 2.22. The van der Waals surface area contributed by atoms with Crippen molar-refractivity contribution < 1.29 is 9.53 Å². The molecule has 0 N–H and O–H groups in total. The number of ketones is 1. The summed E-state index contributed by atoms with van der Waals surface area (Å²) < 4.78 is 6.83. The van der Waals surface area contributed by atoms with E-state index in [0.717, 1.165) is 11.1 Å². The van der Waals surface area contributed by atoms with E-state index in [1.165, 1.54) is 7.11 Å². The van der Waals surface area contributed by atoms with Gasteiger partial charge >= 0.3 is 0 Å². The summed E-state index contributed by atoms with van der Waals surface area (Å²) in [5.74, 6) is 0.322. The topological polar surface area (TPSA) is 57.0 Å². The lowest BCUT2D eigenvalue weighted by Crippen LogP contribution is -2.14. The highest BCUT2D eigenvalue weighted by Gasteiger charge is 2.22. The Labute approximate surface area is 112 Å². The number of methoxy groups -OCH3 is 1. The lowest BCUT2D eigenvalue weighted by atomic mass is 10.1. The average Bonchev–Trinajstić information content (AvgIpc) is 2.80. The van der Waals surface area contributed by atoms with Crippen LogP contribution in [0.15, 0.2) is 18.5 Å². The number of rotatable bonds is 4. The molecule has 19 heavy (non-hydrogen) atoms. The Kier molecular flexibility index (Phi) is 3.64. The standard InChI is InChI=1S/C14H17N3O2/c1-5-17-13(11(19-4)8-16-17)14(18)12-10(3)6-9(2)7-15-12/h6-8H,5H2,1-4H3. The summed E-state index contributed by atoms with van der Waals surface area (Å²) in [7, 11) is 1.53. The fourth-order valence-electron chi connectivity index (χ4n) is 2.05. The normalized spacial score (nSPS) is 10.5. The summed E-state index contributed by atoms with van der Waals surface area (Å²) >= 11 is 0. The van der Waals surface area contributed by atoms with Gasteiger partial charge in [0.2, 0.25) is 5.78 Å². The Morgan fingerprint density at radius 3 is 2.68 bits per heavy atom. The van der Waals surface area contributed by atoms with E-state index in [9.17, 15) is 4.79 Å². The SMILES string of the molecule is CCn1ncc(OC)c1C(=O)c1ncc(C)cc1C. The molecule has 2 heterocycles. The minimum Gasteiger partial charge on any atom is -0.493 e. The van der Waals surface area contributed by atoms with Crippen LogP contribution < -0.4 is 4.74 Å². The van der Waals surface area contributed by atoms with Gasteiger partial charge in [0.05, 0.1) is 13.3 Å². The largest absolute Gasteiger partial charge is 0.493 e. The van der Waals surface area contributed by atoms with Gasteiger partial charge in [-0.25, -0.2) is 0 Å². The fraction of sp³-hybridized carbons (Fsp3) is 0.357. The van der Waals surface area contributed by atoms with Crippen LogP contribution in [0.1, 0.15) is 34.2 Å². The number of aryl methyl sites for hydroxylation is 3. The van der Waals surface area contributed by atoms with Crippen LogP contribution in [0, 0.1) is 13.8 Å². The zero-order chi connectivity index (χ0) is 14.0. The van der Waals surface area contributed by atoms with Crippen molar-refractivity contribution in [2.45, 2.75) is 27.3 Å². The molecule has 0 aliphatic rings. The second-order valence-electron chi connectivity index (χ2n) is 4.38. The molecule has 0 unspecified atom stereocenters. The van der Waals surface area contributed by atoms with Gasteiger partial charge in [-0.05, 0) is 31.9 Å². The monoisotopic (exact) mass is 259 g/mol. The molecule has 2 aromatic rings. The van der Waals surface area contributed by atoms with Crippen LogP contribution in [0.4, 0.5) is 0 Å². The molecule has 2 aromatic heterocycles. The van der Waals surface area contributed by atoms with E-state index in [4.69, 9.17) is 4.74 Å². The lowest BCUT2D eigenvalue weighted by molar-refractivity contribution is 0.102. The molecule has 0 fully saturated rings. The Morgan fingerprint density at radius 1 is 1.37 bits per heavy atom. The van der Waals surface area contributed by atoms with Gasteiger partial charge < -0.3 is 4.74 Å². The summed E-state index contributed by atoms with van der Waals surface area (Å²) in [4.78, 5) is 16.8. The van der Waals surface area contributed by atoms with Crippen LogP contribution in [-0.2, 0) is 6.54 Å². The molecule has 100 valence electrons. The number of hydrogen-bond acceptors (Lipinski definition) is 4. The molecule has 0 bridgehead atoms. The number of pyridine rings is 1. The first-order chi connectivity index (χ1) is 9.08. The minimum absolute atomic E-state index is 0.159. The molecule has 0 aliphatic carbocycles. The maximum absolute atomic E-state index is 12.6. The van der Waals surface area contributed by atoms with Crippen molar-refractivity contribution in [1.29, 1.82) is 0 Å². The molecule has 0 aromatic carbocycles. The van der Waals surface area contributed by atoms with Gasteiger partial charge in [0, 0.05) is 12.7 Å². The Morgan fingerprint density at radius 2 is 2.11 bits per heavy atom. The van der Waals surface area contributed by atoms with Gasteiger partial charge in [-0.2, -0.15) is 5.10 Å². The number of carbonyl (C=O) groups excluding carboxylic acids is 1. The molecular weight excluding hydrogens is 242 g/mol. The zero-order valence-electron chi connectivity index (χ0n) is 11.6. The summed E-state index contributed by atoms with van der Waals surface area (Å²) in [5.41, 5.74) is 2.78. The molecule has 0 saturated carbocycles. The van der Waals surface area contributed by atoms with Crippen LogP contribution in [0.25, 0.3) is 0 Å². The van der Waals surface area contributed by atoms with Crippen molar-refractivity contribution in [2.24, 2.45) is 0 Å². The van der Waals surface area contributed by atoms with Gasteiger partial charge in [0.1, 0.15) is 5.69 Å². The molecule has 0 radical (unpaired) electrons. The third-order valence-electron chi connectivity index (χ3n) is 2.97.